The van der Waals surface area contributed by atoms with Gasteiger partial charge < -0.3 is 10.2 Å². The summed E-state index contributed by atoms with van der Waals surface area (Å²) in [7, 11) is -3.59. The van der Waals surface area contributed by atoms with Crippen LogP contribution in [0.15, 0.2) is 72.8 Å². The van der Waals surface area contributed by atoms with Gasteiger partial charge in [-0.3, -0.25) is 13.9 Å². The molecule has 10 heteroatoms. The topological polar surface area (TPSA) is 86.8 Å². The number of benzene rings is 3. The summed E-state index contributed by atoms with van der Waals surface area (Å²) < 4.78 is 26.7. The van der Waals surface area contributed by atoms with Gasteiger partial charge in [0.1, 0.15) is 6.04 Å². The first kappa shape index (κ1) is 33.8. The third-order valence-electron chi connectivity index (χ3n) is 8.05. The van der Waals surface area contributed by atoms with E-state index in [0.717, 1.165) is 49.5 Å². The van der Waals surface area contributed by atoms with E-state index in [1.54, 1.807) is 35.2 Å². The molecule has 236 valence electrons. The van der Waals surface area contributed by atoms with Crippen molar-refractivity contribution in [1.29, 1.82) is 0 Å². The molecule has 7 nitrogen and oxygen atoms in total. The monoisotopic (exact) mass is 657 g/mol. The van der Waals surface area contributed by atoms with Crippen LogP contribution < -0.4 is 9.62 Å². The molecule has 0 aliphatic heterocycles. The molecule has 1 fully saturated rings. The summed E-state index contributed by atoms with van der Waals surface area (Å²) in [4.78, 5) is 29.7. The molecule has 0 unspecified atom stereocenters. The Morgan fingerprint density at radius 3 is 2.23 bits per heavy atom. The van der Waals surface area contributed by atoms with Gasteiger partial charge in [-0.25, -0.2) is 8.42 Å². The van der Waals surface area contributed by atoms with Crippen LogP contribution >= 0.6 is 23.2 Å². The fourth-order valence-corrected chi connectivity index (χ4v) is 7.21. The minimum Gasteiger partial charge on any atom is -0.352 e. The van der Waals surface area contributed by atoms with Crippen molar-refractivity contribution in [2.75, 3.05) is 17.1 Å². The Morgan fingerprint density at radius 1 is 0.932 bits per heavy atom. The van der Waals surface area contributed by atoms with Crippen LogP contribution in [0.25, 0.3) is 0 Å². The highest BCUT2D eigenvalue weighted by atomic mass is 35.5. The zero-order valence-electron chi connectivity index (χ0n) is 25.3. The third kappa shape index (κ3) is 9.46. The van der Waals surface area contributed by atoms with Crippen LogP contribution in [0, 0.1) is 6.92 Å². The van der Waals surface area contributed by atoms with Crippen molar-refractivity contribution < 1.29 is 18.0 Å². The van der Waals surface area contributed by atoms with Gasteiger partial charge in [0.15, 0.2) is 0 Å². The van der Waals surface area contributed by atoms with Crippen molar-refractivity contribution in [2.24, 2.45) is 0 Å². The smallest absolute Gasteiger partial charge is 0.243 e. The molecule has 44 heavy (non-hydrogen) atoms. The van der Waals surface area contributed by atoms with Gasteiger partial charge in [0.25, 0.3) is 0 Å². The molecule has 1 aliphatic rings. The summed E-state index contributed by atoms with van der Waals surface area (Å²) >= 11 is 13.1. The lowest BCUT2D eigenvalue weighted by atomic mass is 9.94. The maximum absolute atomic E-state index is 14.1. The molecule has 0 saturated heterocycles. The first-order valence-electron chi connectivity index (χ1n) is 15.1. The Labute approximate surface area is 271 Å². The third-order valence-corrected chi connectivity index (χ3v) is 9.96. The second kappa shape index (κ2) is 15.8. The minimum absolute atomic E-state index is 0.0297. The highest BCUT2D eigenvalue weighted by Crippen LogP contribution is 2.28. The Hall–Kier alpha value is -3.07. The molecule has 4 rings (SSSR count). The summed E-state index contributed by atoms with van der Waals surface area (Å²) in [5.74, 6) is -0.492. The fourth-order valence-electron chi connectivity index (χ4n) is 5.74. The Balaban J connectivity index is 1.62. The van der Waals surface area contributed by atoms with E-state index in [9.17, 15) is 18.0 Å². The van der Waals surface area contributed by atoms with E-state index in [0.29, 0.717) is 27.7 Å². The van der Waals surface area contributed by atoms with Gasteiger partial charge in [0.2, 0.25) is 21.8 Å². The largest absolute Gasteiger partial charge is 0.352 e. The first-order valence-corrected chi connectivity index (χ1v) is 17.7. The number of sulfonamides is 1. The van der Waals surface area contributed by atoms with Crippen molar-refractivity contribution in [3.05, 3.63) is 99.5 Å². The van der Waals surface area contributed by atoms with Gasteiger partial charge in [-0.1, -0.05) is 91.0 Å². The average molecular weight is 659 g/mol. The van der Waals surface area contributed by atoms with Gasteiger partial charge >= 0.3 is 0 Å². The molecule has 1 aliphatic carbocycles. The number of halogens is 2. The number of hydrogen-bond acceptors (Lipinski definition) is 4. The Morgan fingerprint density at radius 2 is 1.59 bits per heavy atom. The molecule has 2 amide bonds. The van der Waals surface area contributed by atoms with E-state index < -0.39 is 16.1 Å². The van der Waals surface area contributed by atoms with E-state index in [1.165, 1.54) is 4.31 Å². The molecule has 0 bridgehead atoms. The van der Waals surface area contributed by atoms with Crippen molar-refractivity contribution in [2.45, 2.75) is 76.9 Å². The van der Waals surface area contributed by atoms with E-state index in [1.807, 2.05) is 49.4 Å². The number of rotatable bonds is 13. The zero-order valence-corrected chi connectivity index (χ0v) is 27.7. The molecule has 0 spiro atoms. The minimum atomic E-state index is -3.59. The average Bonchev–Trinajstić information content (AvgIpc) is 2.98. The lowest BCUT2D eigenvalue weighted by molar-refractivity contribution is -0.141. The lowest BCUT2D eigenvalue weighted by Gasteiger charge is -2.34. The van der Waals surface area contributed by atoms with Crippen molar-refractivity contribution in [3.63, 3.8) is 0 Å². The van der Waals surface area contributed by atoms with Crippen LogP contribution in [-0.2, 0) is 32.6 Å². The van der Waals surface area contributed by atoms with Crippen LogP contribution in [-0.4, -0.2) is 50.0 Å². The van der Waals surface area contributed by atoms with Crippen molar-refractivity contribution >= 4 is 50.7 Å². The maximum Gasteiger partial charge on any atom is 0.243 e. The molecule has 1 N–H and O–H groups in total. The predicted octanol–water partition coefficient (Wildman–Crippen LogP) is 6.94. The molecular weight excluding hydrogens is 617 g/mol. The normalized spacial score (nSPS) is 14.5. The highest BCUT2D eigenvalue weighted by Gasteiger charge is 2.33. The highest BCUT2D eigenvalue weighted by molar-refractivity contribution is 7.92. The molecule has 1 saturated carbocycles. The second-order valence-electron chi connectivity index (χ2n) is 11.5. The number of amides is 2. The standard InChI is InChI=1S/C34H41Cl2N3O4S/c1-25-12-9-17-28(22-25)39(44(2,42)43)21-11-20-33(40)38(24-29-30(35)18-10-19-31(29)36)32(23-26-13-5-3-6-14-26)34(41)37-27-15-7-4-8-16-27/h3,5-6,9-10,12-14,17-19,22,27,32H,4,7-8,11,15-16,20-21,23-24H2,1-2H3,(H,37,41)/t32-/m0/s1. The van der Waals surface area contributed by atoms with Crippen molar-refractivity contribution in [1.82, 2.24) is 10.2 Å². The van der Waals surface area contributed by atoms with Crippen LogP contribution in [0.4, 0.5) is 5.69 Å². The molecule has 3 aromatic carbocycles. The number of hydrogen-bond donors (Lipinski definition) is 1. The number of anilines is 1. The maximum atomic E-state index is 14.1. The lowest BCUT2D eigenvalue weighted by Crippen LogP contribution is -2.53. The van der Waals surface area contributed by atoms with Crippen molar-refractivity contribution in [3.8, 4) is 0 Å². The van der Waals surface area contributed by atoms with Gasteiger partial charge in [-0.2, -0.15) is 0 Å². The number of aryl methyl sites for hydroxylation is 1. The molecule has 0 radical (unpaired) electrons. The Bertz CT molecular complexity index is 1510. The molecule has 0 heterocycles. The molecule has 0 aromatic heterocycles. The first-order chi connectivity index (χ1) is 21.0. The SMILES string of the molecule is Cc1cccc(N(CCCC(=O)N(Cc2c(Cl)cccc2Cl)[C@@H](Cc2ccccc2)C(=O)NC2CCCCC2)S(C)(=O)=O)c1. The van der Waals surface area contributed by atoms with Gasteiger partial charge in [0.05, 0.1) is 11.9 Å². The molecule has 1 atom stereocenters. The summed E-state index contributed by atoms with van der Waals surface area (Å²) in [5.41, 5.74) is 2.96. The number of nitrogens with zero attached hydrogens (tertiary/aromatic N) is 2. The van der Waals surface area contributed by atoms with E-state index >= 15 is 0 Å². The van der Waals surface area contributed by atoms with Gasteiger partial charge in [0, 0.05) is 47.6 Å². The van der Waals surface area contributed by atoms with Gasteiger partial charge in [-0.05, 0) is 61.6 Å². The van der Waals surface area contributed by atoms with Crippen LogP contribution in [0.2, 0.25) is 10.0 Å². The summed E-state index contributed by atoms with van der Waals surface area (Å²) in [6.45, 7) is 2.06. The summed E-state index contributed by atoms with van der Waals surface area (Å²) in [5, 5.41) is 4.04. The quantitative estimate of drug-likeness (QED) is 0.216. The van der Waals surface area contributed by atoms with Crippen LogP contribution in [0.5, 0.6) is 0 Å². The van der Waals surface area contributed by atoms with Crippen LogP contribution in [0.1, 0.15) is 61.6 Å². The van der Waals surface area contributed by atoms with Gasteiger partial charge in [-0.15, -0.1) is 0 Å². The predicted molar refractivity (Wildman–Crippen MR) is 179 cm³/mol. The van der Waals surface area contributed by atoms with Crippen LogP contribution in [0.3, 0.4) is 0 Å². The number of nitrogens with one attached hydrogen (secondary N) is 1. The number of carbonyl (C=O) groups is 2. The summed E-state index contributed by atoms with van der Waals surface area (Å²) in [6.07, 6.45) is 6.86. The molecular formula is C34H41Cl2N3O4S. The van der Waals surface area contributed by atoms with E-state index in [4.69, 9.17) is 23.2 Å². The number of carbonyl (C=O) groups excluding carboxylic acids is 2. The fraction of sp³-hybridized carbons (Fsp3) is 0.412. The Kier molecular flexibility index (Phi) is 12.1. The zero-order chi connectivity index (χ0) is 31.7. The summed E-state index contributed by atoms with van der Waals surface area (Å²) in [6, 6.07) is 21.3. The van der Waals surface area contributed by atoms with E-state index in [-0.39, 0.29) is 43.8 Å². The molecule has 3 aromatic rings. The second-order valence-corrected chi connectivity index (χ2v) is 14.3. The van der Waals surface area contributed by atoms with E-state index in [2.05, 4.69) is 5.32 Å².